The highest BCUT2D eigenvalue weighted by Gasteiger charge is 2.46. The minimum atomic E-state index is -0.619. The lowest BCUT2D eigenvalue weighted by atomic mass is 9.89. The van der Waals surface area contributed by atoms with Gasteiger partial charge in [0.2, 0.25) is 0 Å². The molecule has 178 valence electrons. The molecule has 0 aromatic heterocycles. The summed E-state index contributed by atoms with van der Waals surface area (Å²) in [7, 11) is 0. The topological polar surface area (TPSA) is 29.5 Å². The molecule has 0 saturated carbocycles. The summed E-state index contributed by atoms with van der Waals surface area (Å²) in [6.07, 6.45) is 1.94. The Bertz CT molecular complexity index is 946. The van der Waals surface area contributed by atoms with Crippen LogP contribution in [0.5, 0.6) is 0 Å². The first kappa shape index (κ1) is 26.4. The Hall–Kier alpha value is -1.17. The van der Waals surface area contributed by atoms with Gasteiger partial charge in [-0.1, -0.05) is 73.8 Å². The van der Waals surface area contributed by atoms with Crippen LogP contribution in [0.15, 0.2) is 55.1 Å². The van der Waals surface area contributed by atoms with Gasteiger partial charge in [-0.05, 0) is 53.1 Å². The van der Waals surface area contributed by atoms with Crippen molar-refractivity contribution in [3.8, 4) is 0 Å². The molecule has 1 unspecified atom stereocenters. The highest BCUT2D eigenvalue weighted by Crippen LogP contribution is 2.45. The van der Waals surface area contributed by atoms with Gasteiger partial charge < -0.3 is 9.64 Å². The summed E-state index contributed by atoms with van der Waals surface area (Å²) < 4.78 is 6.46. The van der Waals surface area contributed by atoms with Crippen LogP contribution in [-0.2, 0) is 9.53 Å². The Morgan fingerprint density at radius 2 is 1.70 bits per heavy atom. The van der Waals surface area contributed by atoms with Crippen LogP contribution >= 0.6 is 46.6 Å². The molecule has 1 saturated heterocycles. The number of amides is 1. The van der Waals surface area contributed by atoms with Crippen molar-refractivity contribution < 1.29 is 9.53 Å². The second-order valence-corrected chi connectivity index (χ2v) is 11.4. The van der Waals surface area contributed by atoms with Crippen LogP contribution in [0.3, 0.4) is 0 Å². The Morgan fingerprint density at radius 1 is 1.06 bits per heavy atom. The molecule has 0 N–H and O–H groups in total. The fourth-order valence-electron chi connectivity index (χ4n) is 4.17. The average Bonchev–Trinajstić information content (AvgIpc) is 2.76. The molecule has 0 aliphatic carbocycles. The SMILES string of the molecule is C=CC[C@H]1O[C@H](c2cc(Cl)cc(Cl)c2)[C@@H](c2ccc(Cl)cc2)N(C(CC)CSC(C)C)C1=O. The molecule has 0 radical (unpaired) electrons. The lowest BCUT2D eigenvalue weighted by molar-refractivity contribution is -0.178. The number of halogens is 3. The predicted molar refractivity (Wildman–Crippen MR) is 142 cm³/mol. The van der Waals surface area contributed by atoms with Gasteiger partial charge in [-0.15, -0.1) is 6.58 Å². The Kier molecular flexibility index (Phi) is 9.61. The van der Waals surface area contributed by atoms with E-state index < -0.39 is 12.2 Å². The molecule has 0 bridgehead atoms. The summed E-state index contributed by atoms with van der Waals surface area (Å²) in [6.45, 7) is 10.3. The van der Waals surface area contributed by atoms with Gasteiger partial charge in [-0.25, -0.2) is 0 Å². The van der Waals surface area contributed by atoms with E-state index in [-0.39, 0.29) is 18.0 Å². The summed E-state index contributed by atoms with van der Waals surface area (Å²) >= 11 is 20.8. The molecule has 7 heteroatoms. The first-order chi connectivity index (χ1) is 15.7. The third-order valence-corrected chi connectivity index (χ3v) is 7.65. The van der Waals surface area contributed by atoms with E-state index in [2.05, 4.69) is 27.4 Å². The summed E-state index contributed by atoms with van der Waals surface area (Å²) in [5, 5.41) is 2.17. The van der Waals surface area contributed by atoms with Crippen LogP contribution in [0.1, 0.15) is 56.9 Å². The standard InChI is InChI=1S/C26H30Cl3NO2S/c1-5-7-23-26(31)30(22(6-2)15-33-16(3)4)24(17-8-10-19(27)11-9-17)25(32-23)18-12-20(28)14-21(29)13-18/h5,8-14,16,22-25H,1,6-7,15H2,2-4H3/t22?,23-,24-,25-/m1/s1. The molecule has 2 aromatic rings. The second kappa shape index (κ2) is 12.0. The second-order valence-electron chi connectivity index (χ2n) is 8.46. The average molecular weight is 527 g/mol. The van der Waals surface area contributed by atoms with Crippen LogP contribution in [0.4, 0.5) is 0 Å². The van der Waals surface area contributed by atoms with Gasteiger partial charge in [-0.3, -0.25) is 4.79 Å². The molecule has 4 atom stereocenters. The highest BCUT2D eigenvalue weighted by atomic mass is 35.5. The van der Waals surface area contributed by atoms with E-state index in [9.17, 15) is 4.79 Å². The summed E-state index contributed by atoms with van der Waals surface area (Å²) in [5.74, 6) is 0.823. The maximum absolute atomic E-state index is 13.8. The zero-order valence-corrected chi connectivity index (χ0v) is 22.2. The van der Waals surface area contributed by atoms with Gasteiger partial charge in [0.1, 0.15) is 12.2 Å². The molecule has 1 heterocycles. The molecular formula is C26H30Cl3NO2S. The van der Waals surface area contributed by atoms with Gasteiger partial charge in [0.25, 0.3) is 5.91 Å². The molecular weight excluding hydrogens is 497 g/mol. The minimum absolute atomic E-state index is 0.0181. The Morgan fingerprint density at radius 3 is 2.24 bits per heavy atom. The fraction of sp³-hybridized carbons (Fsp3) is 0.423. The van der Waals surface area contributed by atoms with Crippen LogP contribution in [0.25, 0.3) is 0 Å². The van der Waals surface area contributed by atoms with Crippen LogP contribution in [0.2, 0.25) is 15.1 Å². The number of hydrogen-bond donors (Lipinski definition) is 0. The van der Waals surface area contributed by atoms with E-state index in [0.717, 1.165) is 23.3 Å². The third kappa shape index (κ3) is 6.49. The van der Waals surface area contributed by atoms with Gasteiger partial charge >= 0.3 is 0 Å². The first-order valence-electron chi connectivity index (χ1n) is 11.2. The molecule has 1 fully saturated rings. The van der Waals surface area contributed by atoms with Crippen molar-refractivity contribution >= 4 is 52.5 Å². The number of benzene rings is 2. The van der Waals surface area contributed by atoms with Crippen molar-refractivity contribution in [1.29, 1.82) is 0 Å². The largest absolute Gasteiger partial charge is 0.358 e. The normalized spacial score (nSPS) is 22.0. The van der Waals surface area contributed by atoms with Gasteiger partial charge in [0.05, 0.1) is 6.04 Å². The van der Waals surface area contributed by atoms with E-state index in [1.165, 1.54) is 0 Å². The van der Waals surface area contributed by atoms with Crippen molar-refractivity contribution in [2.75, 3.05) is 5.75 Å². The predicted octanol–water partition coefficient (Wildman–Crippen LogP) is 8.15. The summed E-state index contributed by atoms with van der Waals surface area (Å²) in [5.41, 5.74) is 1.80. The van der Waals surface area contributed by atoms with E-state index in [1.54, 1.807) is 12.1 Å². The summed E-state index contributed by atoms with van der Waals surface area (Å²) in [6, 6.07) is 12.8. The molecule has 1 amide bonds. The van der Waals surface area contributed by atoms with Gasteiger partial charge in [0, 0.05) is 33.3 Å². The molecule has 0 spiro atoms. The zero-order valence-electron chi connectivity index (χ0n) is 19.1. The van der Waals surface area contributed by atoms with E-state index in [0.29, 0.717) is 26.7 Å². The Labute approximate surface area is 216 Å². The number of morpholine rings is 1. The zero-order chi connectivity index (χ0) is 24.1. The highest BCUT2D eigenvalue weighted by molar-refractivity contribution is 7.99. The minimum Gasteiger partial charge on any atom is -0.358 e. The van der Waals surface area contributed by atoms with Crippen molar-refractivity contribution in [2.24, 2.45) is 0 Å². The van der Waals surface area contributed by atoms with Crippen molar-refractivity contribution in [3.63, 3.8) is 0 Å². The maximum atomic E-state index is 13.8. The Balaban J connectivity index is 2.16. The molecule has 1 aliphatic rings. The smallest absolute Gasteiger partial charge is 0.252 e. The fourth-order valence-corrected chi connectivity index (χ4v) is 5.84. The monoisotopic (exact) mass is 525 g/mol. The number of ether oxygens (including phenoxy) is 1. The van der Waals surface area contributed by atoms with Crippen LogP contribution < -0.4 is 0 Å². The first-order valence-corrected chi connectivity index (χ1v) is 13.3. The lowest BCUT2D eigenvalue weighted by Crippen LogP contribution is -2.55. The molecule has 3 rings (SSSR count). The van der Waals surface area contributed by atoms with Gasteiger partial charge in [0.15, 0.2) is 0 Å². The maximum Gasteiger partial charge on any atom is 0.252 e. The summed E-state index contributed by atoms with van der Waals surface area (Å²) in [4.78, 5) is 15.8. The lowest BCUT2D eigenvalue weighted by Gasteiger charge is -2.48. The number of carbonyl (C=O) groups is 1. The van der Waals surface area contributed by atoms with Crippen LogP contribution in [-0.4, -0.2) is 34.0 Å². The molecule has 3 nitrogen and oxygen atoms in total. The number of rotatable bonds is 9. The van der Waals surface area contributed by atoms with E-state index >= 15 is 0 Å². The van der Waals surface area contributed by atoms with E-state index in [1.807, 2.05) is 53.1 Å². The number of nitrogens with zero attached hydrogens (tertiary/aromatic N) is 1. The van der Waals surface area contributed by atoms with E-state index in [4.69, 9.17) is 39.5 Å². The van der Waals surface area contributed by atoms with Gasteiger partial charge in [-0.2, -0.15) is 11.8 Å². The quantitative estimate of drug-likeness (QED) is 0.309. The van der Waals surface area contributed by atoms with Crippen LogP contribution in [0, 0.1) is 0 Å². The van der Waals surface area contributed by atoms with Crippen molar-refractivity contribution in [1.82, 2.24) is 4.90 Å². The number of hydrogen-bond acceptors (Lipinski definition) is 3. The molecule has 1 aliphatic heterocycles. The molecule has 2 aromatic carbocycles. The van der Waals surface area contributed by atoms with Crippen molar-refractivity contribution in [2.45, 2.75) is 63.2 Å². The third-order valence-electron chi connectivity index (χ3n) is 5.72. The van der Waals surface area contributed by atoms with Crippen molar-refractivity contribution in [3.05, 3.63) is 81.3 Å². The molecule has 33 heavy (non-hydrogen) atoms. The number of carbonyl (C=O) groups excluding carboxylic acids is 1. The number of thioether (sulfide) groups is 1.